The molecule has 2 heterocycles. The highest BCUT2D eigenvalue weighted by Crippen LogP contribution is 2.36. The summed E-state index contributed by atoms with van der Waals surface area (Å²) in [6.45, 7) is 9.79. The van der Waals surface area contributed by atoms with Crippen LogP contribution in [0.3, 0.4) is 0 Å². The van der Waals surface area contributed by atoms with E-state index in [1.807, 2.05) is 6.92 Å². The fourth-order valence-electron chi connectivity index (χ4n) is 4.21. The van der Waals surface area contributed by atoms with E-state index in [9.17, 15) is 14.4 Å². The predicted molar refractivity (Wildman–Crippen MR) is 147 cm³/mol. The molecule has 1 aromatic heterocycles. The summed E-state index contributed by atoms with van der Waals surface area (Å²) in [6.07, 6.45) is 3.30. The van der Waals surface area contributed by atoms with Gasteiger partial charge in [0, 0.05) is 0 Å². The average molecular weight is 549 g/mol. The van der Waals surface area contributed by atoms with Gasteiger partial charge in [-0.25, -0.2) is 14.6 Å². The normalized spacial score (nSPS) is 14.8. The van der Waals surface area contributed by atoms with E-state index in [4.69, 9.17) is 19.3 Å². The molecule has 10 heteroatoms. The van der Waals surface area contributed by atoms with Crippen molar-refractivity contribution >= 4 is 29.4 Å². The number of benzene rings is 2. The number of hydrogen-bond donors (Lipinski definition) is 1. The largest absolute Gasteiger partial charge is 0.490 e. The van der Waals surface area contributed by atoms with E-state index < -0.39 is 18.0 Å². The number of hydrogen-bond acceptors (Lipinski definition) is 8. The number of fused-ring (bicyclic) bond motifs is 1. The molecule has 39 heavy (non-hydrogen) atoms. The molecule has 0 fully saturated rings. The van der Waals surface area contributed by atoms with Crippen molar-refractivity contribution in [1.29, 1.82) is 0 Å². The predicted octanol–water partition coefficient (Wildman–Crippen LogP) is 3.46. The molecule has 0 saturated carbocycles. The highest BCUT2D eigenvalue weighted by molar-refractivity contribution is 7.07. The minimum Gasteiger partial charge on any atom is -0.490 e. The van der Waals surface area contributed by atoms with Gasteiger partial charge in [-0.1, -0.05) is 42.2 Å². The first-order valence-corrected chi connectivity index (χ1v) is 13.1. The molecule has 9 nitrogen and oxygen atoms in total. The monoisotopic (exact) mass is 548 g/mol. The maximum atomic E-state index is 13.8. The summed E-state index contributed by atoms with van der Waals surface area (Å²) in [6, 6.07) is 10.7. The number of aromatic carboxylic acids is 1. The fourth-order valence-corrected chi connectivity index (χ4v) is 5.26. The number of aromatic nitrogens is 1. The first-order valence-electron chi connectivity index (χ1n) is 12.3. The van der Waals surface area contributed by atoms with Crippen LogP contribution in [0.25, 0.3) is 6.08 Å². The molecular formula is C29H28N2O7S. The van der Waals surface area contributed by atoms with Gasteiger partial charge >= 0.3 is 11.9 Å². The number of nitrogens with zero attached hydrogens (tertiary/aromatic N) is 2. The van der Waals surface area contributed by atoms with Gasteiger partial charge in [0.05, 0.1) is 40.6 Å². The molecule has 1 N–H and O–H groups in total. The summed E-state index contributed by atoms with van der Waals surface area (Å²) >= 11 is 1.18. The van der Waals surface area contributed by atoms with Crippen molar-refractivity contribution in [1.82, 2.24) is 4.57 Å². The second-order valence-corrected chi connectivity index (χ2v) is 9.48. The summed E-state index contributed by atoms with van der Waals surface area (Å²) in [7, 11) is 0. The van der Waals surface area contributed by atoms with Crippen LogP contribution >= 0.6 is 11.3 Å². The topological polar surface area (TPSA) is 116 Å². The Morgan fingerprint density at radius 2 is 1.85 bits per heavy atom. The van der Waals surface area contributed by atoms with Crippen LogP contribution in [0.4, 0.5) is 0 Å². The quantitative estimate of drug-likeness (QED) is 0.305. The molecule has 1 atom stereocenters. The molecule has 3 aromatic rings. The number of carboxylic acids is 1. The molecule has 0 saturated heterocycles. The highest BCUT2D eigenvalue weighted by atomic mass is 32.1. The molecular weight excluding hydrogens is 520 g/mol. The lowest BCUT2D eigenvalue weighted by molar-refractivity contribution is -0.139. The molecule has 0 radical (unpaired) electrons. The van der Waals surface area contributed by atoms with Crippen LogP contribution in [0.5, 0.6) is 11.5 Å². The van der Waals surface area contributed by atoms with Crippen molar-refractivity contribution in [3.63, 3.8) is 0 Å². The van der Waals surface area contributed by atoms with Gasteiger partial charge in [0.1, 0.15) is 6.61 Å². The second kappa shape index (κ2) is 12.0. The smallest absolute Gasteiger partial charge is 0.338 e. The van der Waals surface area contributed by atoms with Gasteiger partial charge in [-0.3, -0.25) is 9.36 Å². The Morgan fingerprint density at radius 1 is 1.10 bits per heavy atom. The minimum absolute atomic E-state index is 0.147. The van der Waals surface area contributed by atoms with E-state index in [-0.39, 0.29) is 29.9 Å². The van der Waals surface area contributed by atoms with Crippen LogP contribution in [-0.2, 0) is 9.53 Å². The Balaban J connectivity index is 1.91. The van der Waals surface area contributed by atoms with Crippen molar-refractivity contribution in [3.05, 3.63) is 103 Å². The lowest BCUT2D eigenvalue weighted by Crippen LogP contribution is -2.40. The number of carboxylic acid groups (broad SMARTS) is 1. The van der Waals surface area contributed by atoms with Crippen LogP contribution in [-0.4, -0.2) is 41.4 Å². The van der Waals surface area contributed by atoms with E-state index >= 15 is 0 Å². The summed E-state index contributed by atoms with van der Waals surface area (Å²) in [4.78, 5) is 43.1. The molecule has 0 spiro atoms. The van der Waals surface area contributed by atoms with Gasteiger partial charge in [0.2, 0.25) is 0 Å². The maximum Gasteiger partial charge on any atom is 0.338 e. The zero-order chi connectivity index (χ0) is 28.1. The molecule has 4 rings (SSSR count). The van der Waals surface area contributed by atoms with Crippen molar-refractivity contribution in [3.8, 4) is 11.5 Å². The minimum atomic E-state index is -1.03. The molecule has 2 aromatic carbocycles. The Labute approximate surface area is 228 Å². The number of esters is 1. The second-order valence-electron chi connectivity index (χ2n) is 8.47. The van der Waals surface area contributed by atoms with Gasteiger partial charge in [-0.05, 0) is 62.2 Å². The number of carbonyl (C=O) groups is 2. The van der Waals surface area contributed by atoms with Crippen LogP contribution in [0.2, 0.25) is 0 Å². The first-order chi connectivity index (χ1) is 18.8. The SMILES string of the molecule is C=CCOc1ccc(C2C(C(=O)OCC)=C(C)N=c3s/c(=C/c4ccc(C(=O)O)cc4)c(=O)n32)cc1OCC. The van der Waals surface area contributed by atoms with Crippen LogP contribution in [0, 0.1) is 0 Å². The molecule has 202 valence electrons. The standard InChI is InChI=1S/C29H28N2O7S/c1-5-14-38-21-13-12-20(16-22(21)36-6-2)25-24(28(35)37-7-3)17(4)30-29-31(25)26(32)23(39-29)15-18-8-10-19(11-9-18)27(33)34/h5,8-13,15-16,25H,1,6-7,14H2,2-4H3,(H,33,34)/b23-15+. The van der Waals surface area contributed by atoms with Crippen LogP contribution in [0.15, 0.2) is 76.2 Å². The number of ether oxygens (including phenoxy) is 3. The van der Waals surface area contributed by atoms with E-state index in [1.54, 1.807) is 56.3 Å². The van der Waals surface area contributed by atoms with E-state index in [0.29, 0.717) is 44.3 Å². The van der Waals surface area contributed by atoms with E-state index in [1.165, 1.54) is 28.0 Å². The number of carbonyl (C=O) groups excluding carboxylic acids is 1. The zero-order valence-corrected chi connectivity index (χ0v) is 22.6. The van der Waals surface area contributed by atoms with Gasteiger partial charge in [0.25, 0.3) is 5.56 Å². The Hall–Kier alpha value is -4.44. The molecule has 0 amide bonds. The van der Waals surface area contributed by atoms with Crippen molar-refractivity contribution < 1.29 is 28.9 Å². The number of rotatable bonds is 10. The van der Waals surface area contributed by atoms with Gasteiger partial charge in [-0.2, -0.15) is 0 Å². The highest BCUT2D eigenvalue weighted by Gasteiger charge is 2.34. The summed E-state index contributed by atoms with van der Waals surface area (Å²) in [5.74, 6) is -0.617. The lowest BCUT2D eigenvalue weighted by atomic mass is 9.95. The van der Waals surface area contributed by atoms with Crippen LogP contribution < -0.4 is 24.4 Å². The van der Waals surface area contributed by atoms with Gasteiger partial charge in [0.15, 0.2) is 16.3 Å². The Kier molecular flexibility index (Phi) is 8.46. The van der Waals surface area contributed by atoms with E-state index in [0.717, 1.165) is 0 Å². The first kappa shape index (κ1) is 27.6. The Morgan fingerprint density at radius 3 is 2.49 bits per heavy atom. The average Bonchev–Trinajstić information content (AvgIpc) is 3.21. The Bertz CT molecular complexity index is 1630. The van der Waals surface area contributed by atoms with E-state index in [2.05, 4.69) is 11.6 Å². The van der Waals surface area contributed by atoms with Gasteiger partial charge < -0.3 is 19.3 Å². The number of allylic oxidation sites excluding steroid dienone is 1. The van der Waals surface area contributed by atoms with Crippen molar-refractivity contribution in [2.24, 2.45) is 4.99 Å². The summed E-state index contributed by atoms with van der Waals surface area (Å²) in [5.41, 5.74) is 1.79. The van der Waals surface area contributed by atoms with Crippen molar-refractivity contribution in [2.45, 2.75) is 26.8 Å². The summed E-state index contributed by atoms with van der Waals surface area (Å²) < 4.78 is 18.8. The third kappa shape index (κ3) is 5.70. The third-order valence-electron chi connectivity index (χ3n) is 5.91. The van der Waals surface area contributed by atoms with Crippen LogP contribution in [0.1, 0.15) is 48.3 Å². The molecule has 1 unspecified atom stereocenters. The molecule has 1 aliphatic heterocycles. The third-order valence-corrected chi connectivity index (χ3v) is 6.90. The fraction of sp³-hybridized carbons (Fsp3) is 0.241. The zero-order valence-electron chi connectivity index (χ0n) is 21.8. The maximum absolute atomic E-state index is 13.8. The lowest BCUT2D eigenvalue weighted by Gasteiger charge is -2.25. The molecule has 1 aliphatic rings. The van der Waals surface area contributed by atoms with Gasteiger partial charge in [-0.15, -0.1) is 0 Å². The van der Waals surface area contributed by atoms with Crippen molar-refractivity contribution in [2.75, 3.05) is 19.8 Å². The number of thiazole rings is 1. The summed E-state index contributed by atoms with van der Waals surface area (Å²) in [5, 5.41) is 9.17. The molecule has 0 bridgehead atoms. The molecule has 0 aliphatic carbocycles.